The summed E-state index contributed by atoms with van der Waals surface area (Å²) in [6, 6.07) is 9.98. The average Bonchev–Trinajstić information content (AvgIpc) is 2.81. The molecule has 0 fully saturated rings. The van der Waals surface area contributed by atoms with Crippen molar-refractivity contribution in [2.45, 2.75) is 0 Å². The van der Waals surface area contributed by atoms with Crippen molar-refractivity contribution in [3.8, 4) is 11.3 Å². The molecule has 0 radical (unpaired) electrons. The molecule has 2 aromatic heterocycles. The van der Waals surface area contributed by atoms with Gasteiger partial charge in [0.15, 0.2) is 0 Å². The fourth-order valence-corrected chi connectivity index (χ4v) is 2.20. The lowest BCUT2D eigenvalue weighted by Crippen LogP contribution is -1.94. The molecule has 0 amide bonds. The third kappa shape index (κ3) is 1.97. The smallest absolute Gasteiger partial charge is 0.236 e. The minimum atomic E-state index is 0.692. The zero-order valence-electron chi connectivity index (χ0n) is 9.76. The Morgan fingerprint density at radius 3 is 2.89 bits per heavy atom. The number of anilines is 1. The Bertz CT molecular complexity index is 705. The lowest BCUT2D eigenvalue weighted by atomic mass is 10.2. The van der Waals surface area contributed by atoms with Crippen LogP contribution < -0.4 is 5.32 Å². The first-order chi connectivity index (χ1) is 8.76. The number of hydrogen-bond donors (Lipinski definition) is 1. The van der Waals surface area contributed by atoms with Crippen molar-refractivity contribution in [1.29, 1.82) is 0 Å². The Balaban J connectivity index is 2.13. The largest absolute Gasteiger partial charge is 0.373 e. The van der Waals surface area contributed by atoms with Crippen LogP contribution in [0.4, 0.5) is 5.82 Å². The first kappa shape index (κ1) is 11.2. The van der Waals surface area contributed by atoms with Gasteiger partial charge in [-0.15, -0.1) is 0 Å². The van der Waals surface area contributed by atoms with Gasteiger partial charge in [0, 0.05) is 29.5 Å². The van der Waals surface area contributed by atoms with Crippen molar-refractivity contribution in [2.75, 3.05) is 12.4 Å². The van der Waals surface area contributed by atoms with E-state index in [4.69, 9.17) is 0 Å². The molecule has 0 bridgehead atoms. The number of aromatic nitrogens is 3. The number of halogens is 1. The van der Waals surface area contributed by atoms with Gasteiger partial charge in [-0.1, -0.05) is 28.1 Å². The Morgan fingerprint density at radius 2 is 2.11 bits per heavy atom. The van der Waals surface area contributed by atoms with Crippen molar-refractivity contribution in [3.05, 3.63) is 47.2 Å². The molecular formula is C13H11BrN4. The summed E-state index contributed by atoms with van der Waals surface area (Å²) in [5.74, 6) is 1.51. The molecule has 0 aliphatic rings. The molecule has 1 aromatic carbocycles. The number of imidazole rings is 1. The highest BCUT2D eigenvalue weighted by Crippen LogP contribution is 2.22. The fourth-order valence-electron chi connectivity index (χ4n) is 1.80. The van der Waals surface area contributed by atoms with E-state index in [1.165, 1.54) is 0 Å². The second kappa shape index (κ2) is 4.42. The second-order valence-corrected chi connectivity index (χ2v) is 4.82. The van der Waals surface area contributed by atoms with Crippen LogP contribution in [0, 0.1) is 0 Å². The van der Waals surface area contributed by atoms with E-state index >= 15 is 0 Å². The molecule has 90 valence electrons. The van der Waals surface area contributed by atoms with Crippen LogP contribution in [0.3, 0.4) is 0 Å². The standard InChI is InChI=1S/C13H11BrN4/c1-15-12-5-6-18-8-11(16-13(18)17-12)9-3-2-4-10(14)7-9/h2-8H,1H3,(H,15,16,17). The van der Waals surface area contributed by atoms with Crippen LogP contribution in [0.15, 0.2) is 47.2 Å². The van der Waals surface area contributed by atoms with Gasteiger partial charge in [0.1, 0.15) is 5.82 Å². The van der Waals surface area contributed by atoms with Crippen molar-refractivity contribution in [2.24, 2.45) is 0 Å². The highest BCUT2D eigenvalue weighted by Gasteiger charge is 2.06. The maximum Gasteiger partial charge on any atom is 0.236 e. The number of hydrogen-bond acceptors (Lipinski definition) is 3. The van der Waals surface area contributed by atoms with Crippen molar-refractivity contribution < 1.29 is 0 Å². The summed E-state index contributed by atoms with van der Waals surface area (Å²) >= 11 is 3.47. The third-order valence-electron chi connectivity index (χ3n) is 2.70. The lowest BCUT2D eigenvalue weighted by Gasteiger charge is -1.97. The molecule has 18 heavy (non-hydrogen) atoms. The molecule has 3 aromatic rings. The molecule has 4 nitrogen and oxygen atoms in total. The normalized spacial score (nSPS) is 10.8. The van der Waals surface area contributed by atoms with Gasteiger partial charge in [-0.3, -0.25) is 4.40 Å². The highest BCUT2D eigenvalue weighted by molar-refractivity contribution is 9.10. The molecule has 0 spiro atoms. The minimum Gasteiger partial charge on any atom is -0.373 e. The van der Waals surface area contributed by atoms with Crippen LogP contribution in [0.2, 0.25) is 0 Å². The molecule has 0 atom stereocenters. The number of nitrogens with one attached hydrogen (secondary N) is 1. The van der Waals surface area contributed by atoms with E-state index in [0.29, 0.717) is 5.78 Å². The fraction of sp³-hybridized carbons (Fsp3) is 0.0769. The average molecular weight is 303 g/mol. The van der Waals surface area contributed by atoms with E-state index in [-0.39, 0.29) is 0 Å². The summed E-state index contributed by atoms with van der Waals surface area (Å²) in [5.41, 5.74) is 1.98. The van der Waals surface area contributed by atoms with Crippen LogP contribution >= 0.6 is 15.9 Å². The van der Waals surface area contributed by atoms with Gasteiger partial charge < -0.3 is 5.32 Å². The first-order valence-corrected chi connectivity index (χ1v) is 6.35. The molecule has 5 heteroatoms. The zero-order chi connectivity index (χ0) is 12.5. The van der Waals surface area contributed by atoms with E-state index in [1.54, 1.807) is 0 Å². The van der Waals surface area contributed by atoms with Crippen LogP contribution in [0.1, 0.15) is 0 Å². The SMILES string of the molecule is CNc1ccn2cc(-c3cccc(Br)c3)nc2n1. The van der Waals surface area contributed by atoms with E-state index in [0.717, 1.165) is 21.5 Å². The number of fused-ring (bicyclic) bond motifs is 1. The number of rotatable bonds is 2. The van der Waals surface area contributed by atoms with Crippen LogP contribution in [0.25, 0.3) is 17.0 Å². The lowest BCUT2D eigenvalue weighted by molar-refractivity contribution is 1.11. The molecule has 0 saturated carbocycles. The van der Waals surface area contributed by atoms with Crippen molar-refractivity contribution in [3.63, 3.8) is 0 Å². The zero-order valence-corrected chi connectivity index (χ0v) is 11.3. The highest BCUT2D eigenvalue weighted by atomic mass is 79.9. The summed E-state index contributed by atoms with van der Waals surface area (Å²) in [6.45, 7) is 0. The molecule has 1 N–H and O–H groups in total. The van der Waals surface area contributed by atoms with Gasteiger partial charge in [-0.25, -0.2) is 4.98 Å². The Labute approximate surface area is 113 Å². The third-order valence-corrected chi connectivity index (χ3v) is 3.20. The maximum absolute atomic E-state index is 4.52. The molecule has 0 unspecified atom stereocenters. The number of benzene rings is 1. The van der Waals surface area contributed by atoms with E-state index in [1.807, 2.05) is 54.2 Å². The summed E-state index contributed by atoms with van der Waals surface area (Å²) in [5, 5.41) is 3.01. The topological polar surface area (TPSA) is 42.2 Å². The molecule has 3 rings (SSSR count). The van der Waals surface area contributed by atoms with Gasteiger partial charge in [0.25, 0.3) is 0 Å². The molecule has 2 heterocycles. The summed E-state index contributed by atoms with van der Waals surface area (Å²) in [4.78, 5) is 8.92. The first-order valence-electron chi connectivity index (χ1n) is 5.56. The van der Waals surface area contributed by atoms with Crippen molar-refractivity contribution in [1.82, 2.24) is 14.4 Å². The second-order valence-electron chi connectivity index (χ2n) is 3.91. The maximum atomic E-state index is 4.52. The van der Waals surface area contributed by atoms with E-state index < -0.39 is 0 Å². The van der Waals surface area contributed by atoms with E-state index in [9.17, 15) is 0 Å². The minimum absolute atomic E-state index is 0.692. The Kier molecular flexibility index (Phi) is 2.76. The summed E-state index contributed by atoms with van der Waals surface area (Å²) in [7, 11) is 1.84. The van der Waals surface area contributed by atoms with Gasteiger partial charge in [0.2, 0.25) is 5.78 Å². The van der Waals surface area contributed by atoms with Crippen LogP contribution in [0.5, 0.6) is 0 Å². The summed E-state index contributed by atoms with van der Waals surface area (Å²) < 4.78 is 2.96. The van der Waals surface area contributed by atoms with E-state index in [2.05, 4.69) is 31.2 Å². The van der Waals surface area contributed by atoms with Crippen molar-refractivity contribution >= 4 is 27.5 Å². The molecule has 0 saturated heterocycles. The molecular weight excluding hydrogens is 292 g/mol. The Hall–Kier alpha value is -1.88. The van der Waals surface area contributed by atoms with Gasteiger partial charge in [-0.05, 0) is 18.2 Å². The van der Waals surface area contributed by atoms with Crippen LogP contribution in [-0.2, 0) is 0 Å². The summed E-state index contributed by atoms with van der Waals surface area (Å²) in [6.07, 6.45) is 3.92. The van der Waals surface area contributed by atoms with Gasteiger partial charge >= 0.3 is 0 Å². The quantitative estimate of drug-likeness (QED) is 0.790. The monoisotopic (exact) mass is 302 g/mol. The predicted molar refractivity (Wildman–Crippen MR) is 75.7 cm³/mol. The predicted octanol–water partition coefficient (Wildman–Crippen LogP) is 3.20. The Morgan fingerprint density at radius 1 is 1.22 bits per heavy atom. The van der Waals surface area contributed by atoms with Gasteiger partial charge in [-0.2, -0.15) is 4.98 Å². The number of nitrogens with zero attached hydrogens (tertiary/aromatic N) is 3. The van der Waals surface area contributed by atoms with Crippen LogP contribution in [-0.4, -0.2) is 21.4 Å². The molecule has 0 aliphatic heterocycles. The van der Waals surface area contributed by atoms with Gasteiger partial charge in [0.05, 0.1) is 5.69 Å². The molecule has 0 aliphatic carbocycles.